The lowest BCUT2D eigenvalue weighted by molar-refractivity contribution is -0.123. The summed E-state index contributed by atoms with van der Waals surface area (Å²) in [6.07, 6.45) is 3.47. The molecule has 27 heavy (non-hydrogen) atoms. The van der Waals surface area contributed by atoms with Gasteiger partial charge in [0.05, 0.1) is 16.4 Å². The molecule has 0 saturated heterocycles. The topological polar surface area (TPSA) is 55.6 Å². The Labute approximate surface area is 178 Å². The van der Waals surface area contributed by atoms with Gasteiger partial charge in [-0.2, -0.15) is 5.10 Å². The standard InChI is InChI=1S/C19H14Br2ClN3O2/c20-13-3-8-18(17(21)10-13)27-12-19(26)24-23-11-16-2-1-9-25(16)15-6-4-14(22)5-7-15/h1-11H,12H2,(H,24,26)/b23-11+. The third kappa shape index (κ3) is 5.45. The zero-order valence-electron chi connectivity index (χ0n) is 13.9. The molecule has 0 radical (unpaired) electrons. The van der Waals surface area contributed by atoms with Crippen molar-refractivity contribution in [1.29, 1.82) is 0 Å². The summed E-state index contributed by atoms with van der Waals surface area (Å²) >= 11 is 12.7. The number of nitrogens with one attached hydrogen (secondary N) is 1. The Morgan fingerprint density at radius 2 is 1.96 bits per heavy atom. The van der Waals surface area contributed by atoms with Gasteiger partial charge in [0.15, 0.2) is 6.61 Å². The monoisotopic (exact) mass is 509 g/mol. The van der Waals surface area contributed by atoms with E-state index in [1.54, 1.807) is 12.3 Å². The van der Waals surface area contributed by atoms with Crippen molar-refractivity contribution in [2.45, 2.75) is 0 Å². The summed E-state index contributed by atoms with van der Waals surface area (Å²) in [5.74, 6) is 0.222. The van der Waals surface area contributed by atoms with E-state index in [4.69, 9.17) is 16.3 Å². The zero-order valence-corrected chi connectivity index (χ0v) is 17.8. The molecule has 3 aromatic rings. The molecule has 0 unspecified atom stereocenters. The first-order valence-electron chi connectivity index (χ1n) is 7.86. The van der Waals surface area contributed by atoms with Crippen LogP contribution in [0.25, 0.3) is 5.69 Å². The number of hydrogen-bond donors (Lipinski definition) is 1. The second kappa shape index (κ2) is 9.21. The molecule has 0 aliphatic carbocycles. The molecule has 1 N–H and O–H groups in total. The fraction of sp³-hybridized carbons (Fsp3) is 0.0526. The minimum absolute atomic E-state index is 0.143. The van der Waals surface area contributed by atoms with Crippen LogP contribution in [0.4, 0.5) is 0 Å². The second-order valence-corrected chi connectivity index (χ2v) is 7.64. The van der Waals surface area contributed by atoms with E-state index in [9.17, 15) is 4.79 Å². The largest absolute Gasteiger partial charge is 0.483 e. The molecule has 0 aliphatic heterocycles. The number of carbonyl (C=O) groups excluding carboxylic acids is 1. The smallest absolute Gasteiger partial charge is 0.277 e. The Kier molecular flexibility index (Phi) is 6.71. The van der Waals surface area contributed by atoms with E-state index in [-0.39, 0.29) is 12.5 Å². The van der Waals surface area contributed by atoms with Crippen LogP contribution >= 0.6 is 43.5 Å². The number of halogens is 3. The molecular formula is C19H14Br2ClN3O2. The Hall–Kier alpha value is -2.09. The molecule has 1 amide bonds. The number of hydrazone groups is 1. The molecule has 0 aliphatic rings. The van der Waals surface area contributed by atoms with E-state index >= 15 is 0 Å². The first-order chi connectivity index (χ1) is 13.0. The molecule has 0 bridgehead atoms. The van der Waals surface area contributed by atoms with Crippen LogP contribution in [-0.4, -0.2) is 23.3 Å². The molecule has 3 rings (SSSR count). The van der Waals surface area contributed by atoms with E-state index in [2.05, 4.69) is 42.4 Å². The van der Waals surface area contributed by atoms with Crippen molar-refractivity contribution in [2.24, 2.45) is 5.10 Å². The van der Waals surface area contributed by atoms with Gasteiger partial charge in [0.25, 0.3) is 5.91 Å². The second-order valence-electron chi connectivity index (χ2n) is 5.44. The predicted molar refractivity (Wildman–Crippen MR) is 114 cm³/mol. The van der Waals surface area contributed by atoms with Crippen molar-refractivity contribution in [3.8, 4) is 11.4 Å². The number of hydrogen-bond acceptors (Lipinski definition) is 3. The molecule has 0 atom stereocenters. The van der Waals surface area contributed by atoms with Crippen molar-refractivity contribution in [3.63, 3.8) is 0 Å². The normalized spacial score (nSPS) is 10.9. The molecule has 138 valence electrons. The molecule has 0 fully saturated rings. The third-order valence-corrected chi connectivity index (χ3v) is 4.89. The first-order valence-corrected chi connectivity index (χ1v) is 9.82. The zero-order chi connectivity index (χ0) is 19.2. The van der Waals surface area contributed by atoms with Gasteiger partial charge in [-0.3, -0.25) is 4.79 Å². The highest BCUT2D eigenvalue weighted by molar-refractivity contribution is 9.11. The van der Waals surface area contributed by atoms with Gasteiger partial charge < -0.3 is 9.30 Å². The number of amides is 1. The van der Waals surface area contributed by atoms with Crippen LogP contribution in [0.2, 0.25) is 5.02 Å². The lowest BCUT2D eigenvalue weighted by atomic mass is 10.3. The van der Waals surface area contributed by atoms with Gasteiger partial charge in [0, 0.05) is 21.4 Å². The van der Waals surface area contributed by atoms with E-state index in [1.165, 1.54) is 0 Å². The summed E-state index contributed by atoms with van der Waals surface area (Å²) in [6.45, 7) is -0.143. The van der Waals surface area contributed by atoms with Crippen LogP contribution in [0.5, 0.6) is 5.75 Å². The lowest BCUT2D eigenvalue weighted by Crippen LogP contribution is -2.24. The van der Waals surface area contributed by atoms with Crippen molar-refractivity contribution in [3.05, 3.63) is 80.5 Å². The minimum atomic E-state index is -0.356. The molecule has 8 heteroatoms. The third-order valence-electron chi connectivity index (χ3n) is 3.52. The first kappa shape index (κ1) is 19.7. The molecular weight excluding hydrogens is 497 g/mol. The van der Waals surface area contributed by atoms with Crippen molar-refractivity contribution in [1.82, 2.24) is 9.99 Å². The van der Waals surface area contributed by atoms with Crippen LogP contribution in [0.15, 0.2) is 74.8 Å². The highest BCUT2D eigenvalue weighted by Gasteiger charge is 2.06. The quantitative estimate of drug-likeness (QED) is 0.366. The van der Waals surface area contributed by atoms with Gasteiger partial charge in [-0.15, -0.1) is 0 Å². The average molecular weight is 512 g/mol. The number of aromatic nitrogens is 1. The van der Waals surface area contributed by atoms with Gasteiger partial charge in [-0.05, 0) is 70.5 Å². The number of carbonyl (C=O) groups is 1. The van der Waals surface area contributed by atoms with Gasteiger partial charge in [-0.1, -0.05) is 27.5 Å². The SMILES string of the molecule is O=C(COc1ccc(Br)cc1Br)N/N=C/c1cccn1-c1ccc(Cl)cc1. The molecule has 2 aromatic carbocycles. The maximum Gasteiger partial charge on any atom is 0.277 e. The molecule has 0 spiro atoms. The summed E-state index contributed by atoms with van der Waals surface area (Å²) in [4.78, 5) is 11.9. The Balaban J connectivity index is 1.57. The van der Waals surface area contributed by atoms with Crippen LogP contribution in [0.1, 0.15) is 5.69 Å². The Morgan fingerprint density at radius 3 is 2.70 bits per heavy atom. The lowest BCUT2D eigenvalue weighted by Gasteiger charge is -2.08. The molecule has 1 heterocycles. The number of nitrogens with zero attached hydrogens (tertiary/aromatic N) is 2. The minimum Gasteiger partial charge on any atom is -0.483 e. The number of rotatable bonds is 6. The van der Waals surface area contributed by atoms with Crippen molar-refractivity contribution < 1.29 is 9.53 Å². The van der Waals surface area contributed by atoms with Gasteiger partial charge in [0.1, 0.15) is 5.75 Å². The average Bonchev–Trinajstić information content (AvgIpc) is 3.10. The fourth-order valence-electron chi connectivity index (χ4n) is 2.27. The molecule has 0 saturated carbocycles. The van der Waals surface area contributed by atoms with Crippen LogP contribution in [0.3, 0.4) is 0 Å². The van der Waals surface area contributed by atoms with Crippen LogP contribution < -0.4 is 10.2 Å². The van der Waals surface area contributed by atoms with Gasteiger partial charge in [0.2, 0.25) is 0 Å². The number of benzene rings is 2. The van der Waals surface area contributed by atoms with Crippen LogP contribution in [-0.2, 0) is 4.79 Å². The highest BCUT2D eigenvalue weighted by atomic mass is 79.9. The summed E-state index contributed by atoms with van der Waals surface area (Å²) in [6, 6.07) is 16.7. The Bertz CT molecular complexity index is 971. The number of ether oxygens (including phenoxy) is 1. The van der Waals surface area contributed by atoms with E-state index in [0.29, 0.717) is 10.8 Å². The summed E-state index contributed by atoms with van der Waals surface area (Å²) in [7, 11) is 0. The van der Waals surface area contributed by atoms with E-state index in [1.807, 2.05) is 59.3 Å². The van der Waals surface area contributed by atoms with Crippen LogP contribution in [0, 0.1) is 0 Å². The Morgan fingerprint density at radius 1 is 1.19 bits per heavy atom. The van der Waals surface area contributed by atoms with Crippen molar-refractivity contribution >= 4 is 55.6 Å². The van der Waals surface area contributed by atoms with Gasteiger partial charge >= 0.3 is 0 Å². The maximum atomic E-state index is 11.9. The summed E-state index contributed by atoms with van der Waals surface area (Å²) < 4.78 is 9.08. The van der Waals surface area contributed by atoms with E-state index in [0.717, 1.165) is 20.3 Å². The summed E-state index contributed by atoms with van der Waals surface area (Å²) in [5.41, 5.74) is 4.22. The predicted octanol–water partition coefficient (Wildman–Crippen LogP) is 5.18. The highest BCUT2D eigenvalue weighted by Crippen LogP contribution is 2.28. The fourth-order valence-corrected chi connectivity index (χ4v) is 3.56. The van der Waals surface area contributed by atoms with E-state index < -0.39 is 0 Å². The maximum absolute atomic E-state index is 11.9. The summed E-state index contributed by atoms with van der Waals surface area (Å²) in [5, 5.41) is 4.67. The molecule has 1 aromatic heterocycles. The molecule has 5 nitrogen and oxygen atoms in total. The van der Waals surface area contributed by atoms with Gasteiger partial charge in [-0.25, -0.2) is 5.43 Å². The van der Waals surface area contributed by atoms with Crippen molar-refractivity contribution in [2.75, 3.05) is 6.61 Å².